The van der Waals surface area contributed by atoms with Crippen LogP contribution in [0.1, 0.15) is 22.8 Å². The summed E-state index contributed by atoms with van der Waals surface area (Å²) in [6.45, 7) is 6.88. The van der Waals surface area contributed by atoms with Crippen LogP contribution in [0.5, 0.6) is 0 Å². The van der Waals surface area contributed by atoms with E-state index in [9.17, 15) is 4.79 Å². The molecule has 1 aliphatic heterocycles. The van der Waals surface area contributed by atoms with E-state index in [0.717, 1.165) is 49.0 Å². The molecule has 1 fully saturated rings. The van der Waals surface area contributed by atoms with Gasteiger partial charge >= 0.3 is 5.97 Å². The van der Waals surface area contributed by atoms with Gasteiger partial charge in [0.2, 0.25) is 0 Å². The second-order valence-corrected chi connectivity index (χ2v) is 8.01. The summed E-state index contributed by atoms with van der Waals surface area (Å²) in [6, 6.07) is 17.7. The molecular formula is C25H26ClN3O2. The molecule has 0 atom stereocenters. The van der Waals surface area contributed by atoms with E-state index in [0.29, 0.717) is 12.2 Å². The number of rotatable bonds is 6. The number of nitrogens with zero attached hydrogens (tertiary/aromatic N) is 3. The molecule has 160 valence electrons. The number of esters is 1. The van der Waals surface area contributed by atoms with E-state index >= 15 is 0 Å². The number of aromatic nitrogens is 1. The van der Waals surface area contributed by atoms with Crippen LogP contribution >= 0.6 is 11.6 Å². The molecule has 0 unspecified atom stereocenters. The Morgan fingerprint density at radius 1 is 1.00 bits per heavy atom. The molecule has 0 bridgehead atoms. The van der Waals surface area contributed by atoms with Gasteiger partial charge in [0, 0.05) is 55.8 Å². The monoisotopic (exact) mass is 435 g/mol. The third-order valence-corrected chi connectivity index (χ3v) is 5.82. The Morgan fingerprint density at radius 3 is 2.39 bits per heavy atom. The fraction of sp³-hybridized carbons (Fsp3) is 0.280. The number of benzene rings is 2. The van der Waals surface area contributed by atoms with E-state index in [-0.39, 0.29) is 5.97 Å². The van der Waals surface area contributed by atoms with E-state index in [4.69, 9.17) is 16.3 Å². The molecule has 2 heterocycles. The molecule has 4 rings (SSSR count). The number of hydrogen-bond acceptors (Lipinski definition) is 5. The standard InChI is InChI=1S/C25H26ClN3O2/c1-2-31-25(30)20-5-9-23(10-6-20)29-15-13-28(14-16-29)18-21-17-27-12-11-24(21)19-3-7-22(26)8-4-19/h3-12,17H,2,13-16,18H2,1H3. The first-order valence-electron chi connectivity index (χ1n) is 10.6. The fourth-order valence-electron chi connectivity index (χ4n) is 3.89. The highest BCUT2D eigenvalue weighted by atomic mass is 35.5. The topological polar surface area (TPSA) is 45.7 Å². The van der Waals surface area contributed by atoms with Gasteiger partial charge in [0.15, 0.2) is 0 Å². The summed E-state index contributed by atoms with van der Waals surface area (Å²) >= 11 is 6.05. The lowest BCUT2D eigenvalue weighted by Crippen LogP contribution is -2.46. The number of anilines is 1. The fourth-order valence-corrected chi connectivity index (χ4v) is 4.02. The van der Waals surface area contributed by atoms with Gasteiger partial charge in [-0.1, -0.05) is 23.7 Å². The summed E-state index contributed by atoms with van der Waals surface area (Å²) in [7, 11) is 0. The number of piperazine rings is 1. The van der Waals surface area contributed by atoms with Crippen LogP contribution in [0, 0.1) is 0 Å². The zero-order valence-corrected chi connectivity index (χ0v) is 18.4. The first-order chi connectivity index (χ1) is 15.1. The minimum absolute atomic E-state index is 0.271. The molecule has 3 aromatic rings. The summed E-state index contributed by atoms with van der Waals surface area (Å²) in [5.41, 5.74) is 5.30. The molecule has 31 heavy (non-hydrogen) atoms. The van der Waals surface area contributed by atoms with Gasteiger partial charge in [0.25, 0.3) is 0 Å². The molecule has 0 radical (unpaired) electrons. The second-order valence-electron chi connectivity index (χ2n) is 7.57. The van der Waals surface area contributed by atoms with Gasteiger partial charge in [-0.2, -0.15) is 0 Å². The third kappa shape index (κ3) is 5.24. The molecule has 0 spiro atoms. The van der Waals surface area contributed by atoms with Crippen molar-refractivity contribution in [3.05, 3.63) is 83.1 Å². The minimum Gasteiger partial charge on any atom is -0.462 e. The molecule has 2 aromatic carbocycles. The highest BCUT2D eigenvalue weighted by Crippen LogP contribution is 2.26. The van der Waals surface area contributed by atoms with Crippen LogP contribution in [0.15, 0.2) is 67.0 Å². The summed E-state index contributed by atoms with van der Waals surface area (Å²) in [4.78, 5) is 21.0. The van der Waals surface area contributed by atoms with Crippen LogP contribution in [0.25, 0.3) is 11.1 Å². The number of hydrogen-bond donors (Lipinski definition) is 0. The van der Waals surface area contributed by atoms with Crippen LogP contribution in [-0.4, -0.2) is 48.6 Å². The van der Waals surface area contributed by atoms with Crippen molar-refractivity contribution in [1.29, 1.82) is 0 Å². The van der Waals surface area contributed by atoms with Gasteiger partial charge < -0.3 is 9.64 Å². The van der Waals surface area contributed by atoms with Crippen LogP contribution in [-0.2, 0) is 11.3 Å². The van der Waals surface area contributed by atoms with Crippen molar-refractivity contribution in [1.82, 2.24) is 9.88 Å². The number of carbonyl (C=O) groups excluding carboxylic acids is 1. The predicted octanol–water partition coefficient (Wildman–Crippen LogP) is 4.90. The molecule has 0 aliphatic carbocycles. The smallest absolute Gasteiger partial charge is 0.338 e. The van der Waals surface area contributed by atoms with Crippen molar-refractivity contribution in [2.75, 3.05) is 37.7 Å². The van der Waals surface area contributed by atoms with Gasteiger partial charge in [0.1, 0.15) is 0 Å². The number of carbonyl (C=O) groups is 1. The van der Waals surface area contributed by atoms with Crippen molar-refractivity contribution in [2.24, 2.45) is 0 Å². The first-order valence-corrected chi connectivity index (χ1v) is 10.9. The SMILES string of the molecule is CCOC(=O)c1ccc(N2CCN(Cc3cnccc3-c3ccc(Cl)cc3)CC2)cc1. The third-order valence-electron chi connectivity index (χ3n) is 5.57. The lowest BCUT2D eigenvalue weighted by molar-refractivity contribution is 0.0526. The lowest BCUT2D eigenvalue weighted by Gasteiger charge is -2.36. The second kappa shape index (κ2) is 9.94. The normalized spacial score (nSPS) is 14.5. The molecule has 0 amide bonds. The minimum atomic E-state index is -0.271. The summed E-state index contributed by atoms with van der Waals surface area (Å²) in [5.74, 6) is -0.271. The molecule has 1 saturated heterocycles. The van der Waals surface area contributed by atoms with E-state index in [1.165, 1.54) is 11.1 Å². The van der Waals surface area contributed by atoms with Crippen molar-refractivity contribution in [3.8, 4) is 11.1 Å². The largest absolute Gasteiger partial charge is 0.462 e. The maximum Gasteiger partial charge on any atom is 0.338 e. The van der Waals surface area contributed by atoms with Crippen molar-refractivity contribution in [3.63, 3.8) is 0 Å². The molecule has 0 saturated carbocycles. The van der Waals surface area contributed by atoms with Gasteiger partial charge in [-0.3, -0.25) is 9.88 Å². The van der Waals surface area contributed by atoms with Gasteiger partial charge in [-0.05, 0) is 66.1 Å². The Labute approximate surface area is 188 Å². The number of halogens is 1. The van der Waals surface area contributed by atoms with Crippen LogP contribution in [0.4, 0.5) is 5.69 Å². The zero-order chi connectivity index (χ0) is 21.6. The Balaban J connectivity index is 1.38. The molecular weight excluding hydrogens is 410 g/mol. The van der Waals surface area contributed by atoms with Crippen LogP contribution in [0.2, 0.25) is 5.02 Å². The summed E-state index contributed by atoms with van der Waals surface area (Å²) < 4.78 is 5.06. The van der Waals surface area contributed by atoms with Crippen LogP contribution < -0.4 is 4.90 Å². The average Bonchev–Trinajstić information content (AvgIpc) is 2.81. The van der Waals surface area contributed by atoms with E-state index < -0.39 is 0 Å². The molecule has 5 nitrogen and oxygen atoms in total. The average molecular weight is 436 g/mol. The molecule has 0 N–H and O–H groups in total. The maximum atomic E-state index is 11.8. The molecule has 1 aliphatic rings. The van der Waals surface area contributed by atoms with E-state index in [2.05, 4.69) is 33.0 Å². The molecule has 6 heteroatoms. The molecule has 1 aromatic heterocycles. The highest BCUT2D eigenvalue weighted by molar-refractivity contribution is 6.30. The predicted molar refractivity (Wildman–Crippen MR) is 125 cm³/mol. The Hall–Kier alpha value is -2.89. The van der Waals surface area contributed by atoms with Crippen molar-refractivity contribution in [2.45, 2.75) is 13.5 Å². The first kappa shape index (κ1) is 21.3. The Bertz CT molecular complexity index is 1010. The van der Waals surface area contributed by atoms with Crippen molar-refractivity contribution >= 4 is 23.3 Å². The zero-order valence-electron chi connectivity index (χ0n) is 17.6. The van der Waals surface area contributed by atoms with Gasteiger partial charge in [-0.15, -0.1) is 0 Å². The van der Waals surface area contributed by atoms with E-state index in [1.54, 1.807) is 0 Å². The van der Waals surface area contributed by atoms with Gasteiger partial charge in [0.05, 0.1) is 12.2 Å². The lowest BCUT2D eigenvalue weighted by atomic mass is 10.0. The quantitative estimate of drug-likeness (QED) is 0.515. The number of pyridine rings is 1. The Kier molecular flexibility index (Phi) is 6.85. The van der Waals surface area contributed by atoms with Crippen LogP contribution in [0.3, 0.4) is 0 Å². The number of ether oxygens (including phenoxy) is 1. The van der Waals surface area contributed by atoms with Crippen molar-refractivity contribution < 1.29 is 9.53 Å². The maximum absolute atomic E-state index is 11.8. The summed E-state index contributed by atoms with van der Waals surface area (Å²) in [6.07, 6.45) is 3.80. The Morgan fingerprint density at radius 2 is 1.71 bits per heavy atom. The van der Waals surface area contributed by atoms with Gasteiger partial charge in [-0.25, -0.2) is 4.79 Å². The van der Waals surface area contributed by atoms with E-state index in [1.807, 2.05) is 55.7 Å². The summed E-state index contributed by atoms with van der Waals surface area (Å²) in [5, 5.41) is 0.741. The highest BCUT2D eigenvalue weighted by Gasteiger charge is 2.19.